The number of hydrogen-bond donors (Lipinski definition) is 0. The summed E-state index contributed by atoms with van der Waals surface area (Å²) >= 11 is 0. The lowest BCUT2D eigenvalue weighted by molar-refractivity contribution is 0.331. The van der Waals surface area contributed by atoms with Gasteiger partial charge in [-0.1, -0.05) is 45.4 Å². The quantitative estimate of drug-likeness (QED) is 0.598. The average Bonchev–Trinajstić information content (AvgIpc) is 2.55. The first kappa shape index (κ1) is 11.8. The molecule has 0 saturated heterocycles. The summed E-state index contributed by atoms with van der Waals surface area (Å²) in [5.41, 5.74) is 10.2. The van der Waals surface area contributed by atoms with Crippen molar-refractivity contribution in [3.63, 3.8) is 0 Å². The molecule has 3 aliphatic rings. The number of hydrogen-bond acceptors (Lipinski definition) is 0. The Bertz CT molecular complexity index is 611. The number of fused-ring (bicyclic) bond motifs is 3. The maximum atomic E-state index is 2.53. The summed E-state index contributed by atoms with van der Waals surface area (Å²) in [6, 6.07) is 5.04. The largest absolute Gasteiger partial charge is 0.0576 e. The monoisotopic (exact) mass is 251 g/mol. The van der Waals surface area contributed by atoms with E-state index in [0.717, 1.165) is 0 Å². The van der Waals surface area contributed by atoms with E-state index >= 15 is 0 Å². The van der Waals surface area contributed by atoms with Crippen LogP contribution in [0.25, 0.3) is 5.57 Å². The van der Waals surface area contributed by atoms with Gasteiger partial charge in [0.2, 0.25) is 0 Å². The average molecular weight is 251 g/mol. The van der Waals surface area contributed by atoms with Crippen LogP contribution in [0, 0.1) is 6.42 Å². The first-order valence-corrected chi connectivity index (χ1v) is 7.65. The maximum Gasteiger partial charge on any atom is 0.0167 e. The molecule has 0 nitrogen and oxygen atoms in total. The Kier molecular flexibility index (Phi) is 2.07. The Balaban J connectivity index is 1.96. The van der Waals surface area contributed by atoms with Crippen LogP contribution in [0.15, 0.2) is 17.7 Å². The Morgan fingerprint density at radius 3 is 2.05 bits per heavy atom. The molecule has 1 aromatic rings. The molecule has 0 heteroatoms. The minimum absolute atomic E-state index is 0.338. The highest BCUT2D eigenvalue weighted by molar-refractivity contribution is 5.85. The third kappa shape index (κ3) is 1.46. The van der Waals surface area contributed by atoms with Crippen molar-refractivity contribution in [1.82, 2.24) is 0 Å². The van der Waals surface area contributed by atoms with Crippen molar-refractivity contribution in [3.8, 4) is 0 Å². The second-order valence-electron chi connectivity index (χ2n) is 7.90. The van der Waals surface area contributed by atoms with Crippen molar-refractivity contribution in [2.75, 3.05) is 0 Å². The molecule has 0 spiro atoms. The zero-order chi connectivity index (χ0) is 13.4. The van der Waals surface area contributed by atoms with Crippen LogP contribution in [0.2, 0.25) is 0 Å². The van der Waals surface area contributed by atoms with Crippen molar-refractivity contribution in [2.45, 2.75) is 64.2 Å². The topological polar surface area (TPSA) is 0 Å². The molecule has 1 radical (unpaired) electrons. The molecule has 0 saturated carbocycles. The molecule has 99 valence electrons. The van der Waals surface area contributed by atoms with E-state index in [4.69, 9.17) is 0 Å². The molecule has 3 aliphatic carbocycles. The highest BCUT2D eigenvalue weighted by Gasteiger charge is 2.39. The highest BCUT2D eigenvalue weighted by atomic mass is 14.4. The van der Waals surface area contributed by atoms with E-state index in [-0.39, 0.29) is 0 Å². The van der Waals surface area contributed by atoms with Gasteiger partial charge in [-0.3, -0.25) is 0 Å². The molecule has 0 bridgehead atoms. The van der Waals surface area contributed by atoms with E-state index in [1.807, 2.05) is 0 Å². The second kappa shape index (κ2) is 3.34. The predicted molar refractivity (Wildman–Crippen MR) is 81.3 cm³/mol. The van der Waals surface area contributed by atoms with Gasteiger partial charge in [0.25, 0.3) is 0 Å². The zero-order valence-electron chi connectivity index (χ0n) is 12.6. The number of benzene rings is 1. The van der Waals surface area contributed by atoms with Crippen LogP contribution in [0.5, 0.6) is 0 Å². The normalized spacial score (nSPS) is 25.5. The molecule has 0 aromatic heterocycles. The molecule has 0 fully saturated rings. The van der Waals surface area contributed by atoms with Crippen LogP contribution >= 0.6 is 0 Å². The second-order valence-corrected chi connectivity index (χ2v) is 7.90. The van der Waals surface area contributed by atoms with Gasteiger partial charge in [-0.25, -0.2) is 0 Å². The smallest absolute Gasteiger partial charge is 0.0167 e. The van der Waals surface area contributed by atoms with Gasteiger partial charge < -0.3 is 0 Å². The van der Waals surface area contributed by atoms with Gasteiger partial charge in [0.15, 0.2) is 0 Å². The molecular formula is C19H23. The lowest BCUT2D eigenvalue weighted by Gasteiger charge is -2.42. The Labute approximate surface area is 116 Å². The zero-order valence-corrected chi connectivity index (χ0v) is 12.6. The van der Waals surface area contributed by atoms with Crippen LogP contribution in [-0.4, -0.2) is 0 Å². The fourth-order valence-electron chi connectivity index (χ4n) is 4.06. The van der Waals surface area contributed by atoms with Crippen molar-refractivity contribution in [1.29, 1.82) is 0 Å². The van der Waals surface area contributed by atoms with Gasteiger partial charge >= 0.3 is 0 Å². The molecule has 4 rings (SSSR count). The summed E-state index contributed by atoms with van der Waals surface area (Å²) < 4.78 is 0. The van der Waals surface area contributed by atoms with E-state index in [9.17, 15) is 0 Å². The van der Waals surface area contributed by atoms with Crippen molar-refractivity contribution in [3.05, 3.63) is 46.4 Å². The molecule has 19 heavy (non-hydrogen) atoms. The third-order valence-electron chi connectivity index (χ3n) is 5.71. The first-order chi connectivity index (χ1) is 8.88. The van der Waals surface area contributed by atoms with Crippen LogP contribution in [0.1, 0.15) is 75.6 Å². The lowest BCUT2D eigenvalue weighted by atomic mass is 9.62. The summed E-state index contributed by atoms with van der Waals surface area (Å²) in [6.07, 6.45) is 7.63. The van der Waals surface area contributed by atoms with E-state index < -0.39 is 0 Å². The Morgan fingerprint density at radius 2 is 1.47 bits per heavy atom. The van der Waals surface area contributed by atoms with E-state index in [1.165, 1.54) is 31.2 Å². The van der Waals surface area contributed by atoms with E-state index in [2.05, 4.69) is 46.2 Å². The van der Waals surface area contributed by atoms with Crippen molar-refractivity contribution < 1.29 is 0 Å². The van der Waals surface area contributed by atoms with Crippen LogP contribution in [-0.2, 0) is 10.8 Å². The van der Waals surface area contributed by atoms with Crippen LogP contribution in [0.4, 0.5) is 0 Å². The molecule has 0 atom stereocenters. The first-order valence-electron chi connectivity index (χ1n) is 7.65. The van der Waals surface area contributed by atoms with Gasteiger partial charge in [0, 0.05) is 6.42 Å². The SMILES string of the molecule is CC1(C)CCC(C)(C)c2cc3c(cc21)[CH]C1=C3CC1. The van der Waals surface area contributed by atoms with E-state index in [1.54, 1.807) is 27.8 Å². The summed E-state index contributed by atoms with van der Waals surface area (Å²) in [5, 5.41) is 0. The third-order valence-corrected chi connectivity index (χ3v) is 5.71. The summed E-state index contributed by atoms with van der Waals surface area (Å²) in [5.74, 6) is 0. The molecule has 0 heterocycles. The van der Waals surface area contributed by atoms with Gasteiger partial charge in [-0.2, -0.15) is 0 Å². The predicted octanol–water partition coefficient (Wildman–Crippen LogP) is 5.15. The summed E-state index contributed by atoms with van der Waals surface area (Å²) in [4.78, 5) is 0. The minimum atomic E-state index is 0.338. The molecular weight excluding hydrogens is 228 g/mol. The van der Waals surface area contributed by atoms with E-state index in [0.29, 0.717) is 10.8 Å². The van der Waals surface area contributed by atoms with Crippen LogP contribution < -0.4 is 0 Å². The highest BCUT2D eigenvalue weighted by Crippen LogP contribution is 2.52. The van der Waals surface area contributed by atoms with Crippen LogP contribution in [0.3, 0.4) is 0 Å². The molecule has 1 aromatic carbocycles. The fraction of sp³-hybridized carbons (Fsp3) is 0.526. The lowest BCUT2D eigenvalue weighted by Crippen LogP contribution is -2.34. The standard InChI is InChI=1S/C19H23/c1-18(2)7-8-19(3,4)17-11-15-13(10-16(17)18)9-12-5-6-14(12)15/h9-11H,5-8H2,1-4H3. The summed E-state index contributed by atoms with van der Waals surface area (Å²) in [7, 11) is 0. The van der Waals surface area contributed by atoms with Gasteiger partial charge in [0.1, 0.15) is 0 Å². The Morgan fingerprint density at radius 1 is 0.842 bits per heavy atom. The molecule has 0 unspecified atom stereocenters. The Hall–Kier alpha value is -1.04. The van der Waals surface area contributed by atoms with Gasteiger partial charge in [-0.05, 0) is 64.3 Å². The van der Waals surface area contributed by atoms with Crippen molar-refractivity contribution in [2.24, 2.45) is 0 Å². The maximum absolute atomic E-state index is 2.53. The number of rotatable bonds is 0. The van der Waals surface area contributed by atoms with Gasteiger partial charge in [0.05, 0.1) is 0 Å². The molecule has 0 amide bonds. The van der Waals surface area contributed by atoms with Crippen molar-refractivity contribution >= 4 is 5.57 Å². The molecule has 0 N–H and O–H groups in total. The number of allylic oxidation sites excluding steroid dienone is 2. The fourth-order valence-corrected chi connectivity index (χ4v) is 4.06. The molecule has 0 aliphatic heterocycles. The summed E-state index contributed by atoms with van der Waals surface area (Å²) in [6.45, 7) is 9.67. The minimum Gasteiger partial charge on any atom is -0.0576 e. The van der Waals surface area contributed by atoms with Gasteiger partial charge in [-0.15, -0.1) is 0 Å².